The molecule has 2 amide bonds. The SMILES string of the molecule is CCOc1ccccc1N(CCCC(=O)N(Cc1ccccc1Cl)[C@H](C)C(=O)NC(C)(C)C)S(C)(=O)=O. The van der Waals surface area contributed by atoms with E-state index in [1.54, 1.807) is 43.3 Å². The van der Waals surface area contributed by atoms with Crippen LogP contribution in [0.1, 0.15) is 53.0 Å². The maximum absolute atomic E-state index is 13.4. The topological polar surface area (TPSA) is 96.0 Å². The maximum atomic E-state index is 13.4. The van der Waals surface area contributed by atoms with Crippen LogP contribution < -0.4 is 14.4 Å². The Hall–Kier alpha value is -2.78. The van der Waals surface area contributed by atoms with Crippen LogP contribution >= 0.6 is 11.6 Å². The monoisotopic (exact) mass is 551 g/mol. The number of nitrogens with zero attached hydrogens (tertiary/aromatic N) is 2. The van der Waals surface area contributed by atoms with Gasteiger partial charge in [-0.15, -0.1) is 0 Å². The Kier molecular flexibility index (Phi) is 10.8. The van der Waals surface area contributed by atoms with Crippen LogP contribution in [0.2, 0.25) is 5.02 Å². The van der Waals surface area contributed by atoms with Gasteiger partial charge in [0.1, 0.15) is 11.8 Å². The lowest BCUT2D eigenvalue weighted by Gasteiger charge is -2.32. The van der Waals surface area contributed by atoms with E-state index in [4.69, 9.17) is 16.3 Å². The van der Waals surface area contributed by atoms with Crippen LogP contribution in [0, 0.1) is 0 Å². The lowest BCUT2D eigenvalue weighted by Crippen LogP contribution is -2.52. The average Bonchev–Trinajstić information content (AvgIpc) is 2.79. The van der Waals surface area contributed by atoms with Gasteiger partial charge in [0, 0.05) is 30.1 Å². The van der Waals surface area contributed by atoms with Gasteiger partial charge >= 0.3 is 0 Å². The van der Waals surface area contributed by atoms with Crippen molar-refractivity contribution in [3.05, 3.63) is 59.1 Å². The number of halogens is 1. The Morgan fingerprint density at radius 1 is 1.08 bits per heavy atom. The number of carbonyl (C=O) groups is 2. The Morgan fingerprint density at radius 3 is 2.30 bits per heavy atom. The first-order valence-corrected chi connectivity index (χ1v) is 14.5. The smallest absolute Gasteiger partial charge is 0.242 e. The fourth-order valence-electron chi connectivity index (χ4n) is 3.79. The Morgan fingerprint density at radius 2 is 1.70 bits per heavy atom. The van der Waals surface area contributed by atoms with E-state index < -0.39 is 21.6 Å². The zero-order valence-electron chi connectivity index (χ0n) is 22.5. The van der Waals surface area contributed by atoms with Gasteiger partial charge < -0.3 is 15.0 Å². The van der Waals surface area contributed by atoms with Crippen molar-refractivity contribution < 1.29 is 22.7 Å². The Balaban J connectivity index is 2.24. The molecule has 2 aromatic carbocycles. The van der Waals surface area contributed by atoms with E-state index in [0.717, 1.165) is 11.8 Å². The minimum absolute atomic E-state index is 0.0421. The molecule has 0 aliphatic carbocycles. The van der Waals surface area contributed by atoms with Gasteiger partial charge in [0.05, 0.1) is 18.6 Å². The molecule has 0 spiro atoms. The molecule has 0 radical (unpaired) electrons. The van der Waals surface area contributed by atoms with Gasteiger partial charge in [-0.05, 0) is 64.8 Å². The first kappa shape index (κ1) is 30.4. The highest BCUT2D eigenvalue weighted by Crippen LogP contribution is 2.30. The third kappa shape index (κ3) is 9.23. The number of benzene rings is 2. The number of rotatable bonds is 12. The van der Waals surface area contributed by atoms with Gasteiger partial charge in [-0.1, -0.05) is 41.9 Å². The number of hydrogen-bond acceptors (Lipinski definition) is 5. The molecule has 37 heavy (non-hydrogen) atoms. The maximum Gasteiger partial charge on any atom is 0.242 e. The molecule has 0 fully saturated rings. The van der Waals surface area contributed by atoms with Crippen molar-refractivity contribution in [2.75, 3.05) is 23.7 Å². The summed E-state index contributed by atoms with van der Waals surface area (Å²) < 4.78 is 32.1. The Bertz CT molecular complexity index is 1180. The molecule has 10 heteroatoms. The zero-order chi connectivity index (χ0) is 27.8. The van der Waals surface area contributed by atoms with Crippen molar-refractivity contribution in [1.29, 1.82) is 0 Å². The molecular weight excluding hydrogens is 514 g/mol. The van der Waals surface area contributed by atoms with E-state index in [1.165, 1.54) is 9.21 Å². The molecular formula is C27H38ClN3O5S. The molecule has 0 aliphatic heterocycles. The molecule has 0 bridgehead atoms. The van der Waals surface area contributed by atoms with Gasteiger partial charge in [0.25, 0.3) is 0 Å². The molecule has 0 aliphatic rings. The molecule has 1 N–H and O–H groups in total. The summed E-state index contributed by atoms with van der Waals surface area (Å²) in [6.45, 7) is 9.74. The Labute approximate surface area is 226 Å². The zero-order valence-corrected chi connectivity index (χ0v) is 24.0. The highest BCUT2D eigenvalue weighted by atomic mass is 35.5. The van der Waals surface area contributed by atoms with Crippen LogP contribution in [0.5, 0.6) is 5.75 Å². The summed E-state index contributed by atoms with van der Waals surface area (Å²) >= 11 is 6.34. The van der Waals surface area contributed by atoms with Crippen LogP contribution in [0.25, 0.3) is 0 Å². The third-order valence-electron chi connectivity index (χ3n) is 5.55. The minimum atomic E-state index is -3.63. The predicted molar refractivity (Wildman–Crippen MR) is 148 cm³/mol. The molecule has 204 valence electrons. The van der Waals surface area contributed by atoms with E-state index in [2.05, 4.69) is 5.32 Å². The number of carbonyl (C=O) groups excluding carboxylic acids is 2. The fourth-order valence-corrected chi connectivity index (χ4v) is 4.95. The highest BCUT2D eigenvalue weighted by molar-refractivity contribution is 7.92. The molecule has 0 unspecified atom stereocenters. The molecule has 0 saturated carbocycles. The van der Waals surface area contributed by atoms with Crippen LogP contribution in [0.3, 0.4) is 0 Å². The summed E-state index contributed by atoms with van der Waals surface area (Å²) in [5.74, 6) is -0.103. The van der Waals surface area contributed by atoms with E-state index in [1.807, 2.05) is 39.8 Å². The largest absolute Gasteiger partial charge is 0.492 e. The number of sulfonamides is 1. The van der Waals surface area contributed by atoms with E-state index in [9.17, 15) is 18.0 Å². The molecule has 8 nitrogen and oxygen atoms in total. The highest BCUT2D eigenvalue weighted by Gasteiger charge is 2.29. The molecule has 2 aromatic rings. The molecule has 0 saturated heterocycles. The molecule has 0 aromatic heterocycles. The second-order valence-corrected chi connectivity index (χ2v) is 12.2. The van der Waals surface area contributed by atoms with Crippen LogP contribution in [0.4, 0.5) is 5.69 Å². The van der Waals surface area contributed by atoms with E-state index in [-0.39, 0.29) is 37.7 Å². The fraction of sp³-hybridized carbons (Fsp3) is 0.481. The second-order valence-electron chi connectivity index (χ2n) is 9.87. The summed E-state index contributed by atoms with van der Waals surface area (Å²) in [6.07, 6.45) is 1.42. The van der Waals surface area contributed by atoms with Gasteiger partial charge in [0.2, 0.25) is 21.8 Å². The summed E-state index contributed by atoms with van der Waals surface area (Å²) in [7, 11) is -3.63. The first-order chi connectivity index (χ1) is 17.2. The van der Waals surface area contributed by atoms with E-state index in [0.29, 0.717) is 23.1 Å². The minimum Gasteiger partial charge on any atom is -0.492 e. The van der Waals surface area contributed by atoms with Gasteiger partial charge in [-0.2, -0.15) is 0 Å². The summed E-state index contributed by atoms with van der Waals surface area (Å²) in [5.41, 5.74) is 0.676. The number of ether oxygens (including phenoxy) is 1. The van der Waals surface area contributed by atoms with Crippen LogP contribution in [0.15, 0.2) is 48.5 Å². The summed E-state index contributed by atoms with van der Waals surface area (Å²) in [4.78, 5) is 27.8. The molecule has 2 rings (SSSR count). The molecule has 1 atom stereocenters. The van der Waals surface area contributed by atoms with Crippen molar-refractivity contribution in [1.82, 2.24) is 10.2 Å². The van der Waals surface area contributed by atoms with Crippen molar-refractivity contribution in [3.63, 3.8) is 0 Å². The van der Waals surface area contributed by atoms with Crippen LogP contribution in [-0.4, -0.2) is 56.1 Å². The standard InChI is InChI=1S/C27H38ClN3O5S/c1-7-36-24-16-11-10-15-23(24)31(37(6,34)35)18-12-17-25(32)30(19-21-13-8-9-14-22(21)28)20(2)26(33)29-27(3,4)5/h8-11,13-16,20H,7,12,17-19H2,1-6H3,(H,29,33)/t20-/m1/s1. The normalized spacial score (nSPS) is 12.5. The van der Waals surface area contributed by atoms with Crippen molar-refractivity contribution in [3.8, 4) is 5.75 Å². The van der Waals surface area contributed by atoms with Gasteiger partial charge in [-0.3, -0.25) is 13.9 Å². The second kappa shape index (κ2) is 13.1. The number of amides is 2. The lowest BCUT2D eigenvalue weighted by molar-refractivity contribution is -0.141. The van der Waals surface area contributed by atoms with Crippen molar-refractivity contribution in [2.24, 2.45) is 0 Å². The summed E-state index contributed by atoms with van der Waals surface area (Å²) in [5, 5.41) is 3.42. The quantitative estimate of drug-likeness (QED) is 0.415. The molecule has 0 heterocycles. The van der Waals surface area contributed by atoms with Crippen molar-refractivity contribution in [2.45, 2.75) is 65.6 Å². The average molecular weight is 552 g/mol. The summed E-state index contributed by atoms with van der Waals surface area (Å²) in [6, 6.07) is 13.3. The lowest BCUT2D eigenvalue weighted by atomic mass is 10.1. The van der Waals surface area contributed by atoms with E-state index >= 15 is 0 Å². The predicted octanol–water partition coefficient (Wildman–Crippen LogP) is 4.62. The van der Waals surface area contributed by atoms with Crippen molar-refractivity contribution >= 4 is 39.1 Å². The van der Waals surface area contributed by atoms with Crippen LogP contribution in [-0.2, 0) is 26.2 Å². The first-order valence-electron chi connectivity index (χ1n) is 12.3. The number of hydrogen-bond donors (Lipinski definition) is 1. The number of anilines is 1. The third-order valence-corrected chi connectivity index (χ3v) is 7.10. The van der Waals surface area contributed by atoms with Gasteiger partial charge in [-0.25, -0.2) is 8.42 Å². The van der Waals surface area contributed by atoms with Gasteiger partial charge in [0.15, 0.2) is 0 Å². The number of para-hydroxylation sites is 2. The number of nitrogens with one attached hydrogen (secondary N) is 1.